The van der Waals surface area contributed by atoms with Crippen LogP contribution in [0.2, 0.25) is 0 Å². The lowest BCUT2D eigenvalue weighted by molar-refractivity contribution is -0.126. The minimum Gasteiger partial charge on any atom is -0.497 e. The minimum atomic E-state index is -0.498. The van der Waals surface area contributed by atoms with Crippen molar-refractivity contribution in [3.05, 3.63) is 53.6 Å². The van der Waals surface area contributed by atoms with Crippen LogP contribution in [0.1, 0.15) is 24.5 Å². The zero-order valence-corrected chi connectivity index (χ0v) is 16.5. The number of benzene rings is 2. The summed E-state index contributed by atoms with van der Waals surface area (Å²) >= 11 is 0. The van der Waals surface area contributed by atoms with Crippen molar-refractivity contribution >= 4 is 17.5 Å². The zero-order valence-electron chi connectivity index (χ0n) is 16.5. The van der Waals surface area contributed by atoms with Gasteiger partial charge in [-0.15, -0.1) is 0 Å². The van der Waals surface area contributed by atoms with Gasteiger partial charge in [0.15, 0.2) is 0 Å². The summed E-state index contributed by atoms with van der Waals surface area (Å²) in [6, 6.07) is 12.8. The molecule has 2 amide bonds. The number of methoxy groups -OCH3 is 2. The van der Waals surface area contributed by atoms with Crippen LogP contribution in [-0.2, 0) is 22.4 Å². The SMILES string of the molecule is CCC(=O)N1c2ccccc2C[C@H]1C(=O)NCCc1ccc(OC)cc1OC. The molecule has 1 N–H and O–H groups in total. The molecule has 0 saturated heterocycles. The van der Waals surface area contributed by atoms with E-state index in [-0.39, 0.29) is 11.8 Å². The molecule has 0 unspecified atom stereocenters. The van der Waals surface area contributed by atoms with Gasteiger partial charge < -0.3 is 14.8 Å². The number of nitrogens with one attached hydrogen (secondary N) is 1. The quantitative estimate of drug-likeness (QED) is 0.800. The van der Waals surface area contributed by atoms with Gasteiger partial charge in [-0.3, -0.25) is 14.5 Å². The molecule has 3 rings (SSSR count). The standard InChI is InChI=1S/C22H26N2O4/c1-4-21(25)24-18-8-6-5-7-16(18)13-19(24)22(26)23-12-11-15-9-10-17(27-2)14-20(15)28-3/h5-10,14,19H,4,11-13H2,1-3H3,(H,23,26)/t19-/m0/s1. The Balaban J connectivity index is 1.66. The largest absolute Gasteiger partial charge is 0.497 e. The van der Waals surface area contributed by atoms with E-state index in [1.54, 1.807) is 19.1 Å². The molecule has 1 aliphatic rings. The third kappa shape index (κ3) is 3.96. The molecular weight excluding hydrogens is 356 g/mol. The van der Waals surface area contributed by atoms with E-state index in [2.05, 4.69) is 5.32 Å². The Morgan fingerprint density at radius 3 is 2.64 bits per heavy atom. The van der Waals surface area contributed by atoms with E-state index in [4.69, 9.17) is 9.47 Å². The molecule has 0 saturated carbocycles. The van der Waals surface area contributed by atoms with Gasteiger partial charge in [-0.25, -0.2) is 0 Å². The summed E-state index contributed by atoms with van der Waals surface area (Å²) in [6.45, 7) is 2.27. The Kier molecular flexibility index (Phi) is 6.19. The van der Waals surface area contributed by atoms with Crippen molar-refractivity contribution in [2.45, 2.75) is 32.2 Å². The molecule has 2 aromatic carbocycles. The highest BCUT2D eigenvalue weighted by Gasteiger charge is 2.37. The summed E-state index contributed by atoms with van der Waals surface area (Å²) < 4.78 is 10.6. The van der Waals surface area contributed by atoms with Gasteiger partial charge in [0, 0.05) is 31.1 Å². The second-order valence-electron chi connectivity index (χ2n) is 6.68. The summed E-state index contributed by atoms with van der Waals surface area (Å²) in [7, 11) is 3.22. The van der Waals surface area contributed by atoms with Crippen molar-refractivity contribution in [1.29, 1.82) is 0 Å². The van der Waals surface area contributed by atoms with E-state index in [1.807, 2.05) is 49.4 Å². The fraction of sp³-hybridized carbons (Fsp3) is 0.364. The van der Waals surface area contributed by atoms with Gasteiger partial charge in [-0.1, -0.05) is 31.2 Å². The molecule has 0 aliphatic carbocycles. The van der Waals surface area contributed by atoms with E-state index in [0.29, 0.717) is 25.8 Å². The van der Waals surface area contributed by atoms with Crippen molar-refractivity contribution in [3.63, 3.8) is 0 Å². The minimum absolute atomic E-state index is 0.0399. The zero-order chi connectivity index (χ0) is 20.1. The molecule has 1 aliphatic heterocycles. The van der Waals surface area contributed by atoms with Crippen molar-refractivity contribution in [3.8, 4) is 11.5 Å². The first-order valence-electron chi connectivity index (χ1n) is 9.47. The Hall–Kier alpha value is -3.02. The molecule has 28 heavy (non-hydrogen) atoms. The van der Waals surface area contributed by atoms with Crippen LogP contribution in [-0.4, -0.2) is 38.6 Å². The number of fused-ring (bicyclic) bond motifs is 1. The van der Waals surface area contributed by atoms with Gasteiger partial charge in [0.05, 0.1) is 14.2 Å². The van der Waals surface area contributed by atoms with Crippen LogP contribution in [0.4, 0.5) is 5.69 Å². The van der Waals surface area contributed by atoms with Crippen molar-refractivity contribution in [2.24, 2.45) is 0 Å². The van der Waals surface area contributed by atoms with Crippen LogP contribution in [0.15, 0.2) is 42.5 Å². The number of carbonyl (C=O) groups excluding carboxylic acids is 2. The predicted octanol–water partition coefficient (Wildman–Crippen LogP) is 2.73. The second kappa shape index (κ2) is 8.78. The molecule has 6 nitrogen and oxygen atoms in total. The van der Waals surface area contributed by atoms with Gasteiger partial charge in [0.1, 0.15) is 17.5 Å². The number of nitrogens with zero attached hydrogens (tertiary/aromatic N) is 1. The Morgan fingerprint density at radius 1 is 1.14 bits per heavy atom. The first kappa shape index (κ1) is 19.7. The second-order valence-corrected chi connectivity index (χ2v) is 6.68. The van der Waals surface area contributed by atoms with Crippen molar-refractivity contribution in [1.82, 2.24) is 5.32 Å². The molecule has 148 valence electrons. The Labute approximate surface area is 165 Å². The van der Waals surface area contributed by atoms with Crippen LogP contribution in [0.3, 0.4) is 0 Å². The van der Waals surface area contributed by atoms with Crippen LogP contribution in [0, 0.1) is 0 Å². The van der Waals surface area contributed by atoms with Crippen LogP contribution in [0.5, 0.6) is 11.5 Å². The molecule has 0 bridgehead atoms. The third-order valence-electron chi connectivity index (χ3n) is 5.04. The lowest BCUT2D eigenvalue weighted by Crippen LogP contribution is -2.48. The molecule has 0 fully saturated rings. The predicted molar refractivity (Wildman–Crippen MR) is 108 cm³/mol. The van der Waals surface area contributed by atoms with Crippen molar-refractivity contribution < 1.29 is 19.1 Å². The number of amides is 2. The number of para-hydroxylation sites is 1. The summed E-state index contributed by atoms with van der Waals surface area (Å²) in [5.41, 5.74) is 2.85. The normalized spacial score (nSPS) is 15.1. The first-order valence-corrected chi connectivity index (χ1v) is 9.47. The fourth-order valence-electron chi connectivity index (χ4n) is 3.57. The maximum Gasteiger partial charge on any atom is 0.243 e. The van der Waals surface area contributed by atoms with Gasteiger partial charge >= 0.3 is 0 Å². The number of hydrogen-bond donors (Lipinski definition) is 1. The first-order chi connectivity index (χ1) is 13.6. The molecule has 0 aromatic heterocycles. The van der Waals surface area contributed by atoms with Gasteiger partial charge in [0.25, 0.3) is 0 Å². The summed E-state index contributed by atoms with van der Waals surface area (Å²) in [5, 5.41) is 2.98. The Morgan fingerprint density at radius 2 is 1.93 bits per heavy atom. The maximum atomic E-state index is 12.8. The van der Waals surface area contributed by atoms with Crippen molar-refractivity contribution in [2.75, 3.05) is 25.7 Å². The number of ether oxygens (including phenoxy) is 2. The molecule has 0 radical (unpaired) electrons. The van der Waals surface area contributed by atoms with Crippen LogP contribution in [0.25, 0.3) is 0 Å². The van der Waals surface area contributed by atoms with Gasteiger partial charge in [0.2, 0.25) is 11.8 Å². The highest BCUT2D eigenvalue weighted by molar-refractivity contribution is 6.03. The topological polar surface area (TPSA) is 67.9 Å². The molecule has 0 spiro atoms. The Bertz CT molecular complexity index is 865. The molecule has 1 atom stereocenters. The third-order valence-corrected chi connectivity index (χ3v) is 5.04. The molecule has 6 heteroatoms. The average molecular weight is 382 g/mol. The lowest BCUT2D eigenvalue weighted by Gasteiger charge is -2.24. The monoisotopic (exact) mass is 382 g/mol. The van der Waals surface area contributed by atoms with Gasteiger partial charge in [-0.05, 0) is 29.7 Å². The number of anilines is 1. The number of hydrogen-bond acceptors (Lipinski definition) is 4. The highest BCUT2D eigenvalue weighted by atomic mass is 16.5. The molecule has 1 heterocycles. The molecular formula is C22H26N2O4. The smallest absolute Gasteiger partial charge is 0.243 e. The lowest BCUT2D eigenvalue weighted by atomic mass is 10.1. The van der Waals surface area contributed by atoms with E-state index >= 15 is 0 Å². The van der Waals surface area contributed by atoms with Crippen LogP contribution < -0.4 is 19.7 Å². The molecule has 2 aromatic rings. The van der Waals surface area contributed by atoms with Gasteiger partial charge in [-0.2, -0.15) is 0 Å². The fourth-order valence-corrected chi connectivity index (χ4v) is 3.57. The number of carbonyl (C=O) groups is 2. The summed E-state index contributed by atoms with van der Waals surface area (Å²) in [4.78, 5) is 26.9. The average Bonchev–Trinajstić information content (AvgIpc) is 3.13. The number of rotatable bonds is 7. The maximum absolute atomic E-state index is 12.8. The summed E-state index contributed by atoms with van der Waals surface area (Å²) in [5.74, 6) is 1.28. The van der Waals surface area contributed by atoms with E-state index in [0.717, 1.165) is 28.3 Å². The van der Waals surface area contributed by atoms with E-state index in [9.17, 15) is 9.59 Å². The van der Waals surface area contributed by atoms with E-state index < -0.39 is 6.04 Å². The van der Waals surface area contributed by atoms with E-state index in [1.165, 1.54) is 0 Å². The summed E-state index contributed by atoms with van der Waals surface area (Å²) in [6.07, 6.45) is 1.53. The highest BCUT2D eigenvalue weighted by Crippen LogP contribution is 2.32. The van der Waals surface area contributed by atoms with Crippen LogP contribution >= 0.6 is 0 Å².